The van der Waals surface area contributed by atoms with E-state index in [1.54, 1.807) is 0 Å². The number of hydrogen-bond donors (Lipinski definition) is 0. The third kappa shape index (κ3) is 3.13. The fraction of sp³-hybridized carbons (Fsp3) is 0.0714. The molecule has 0 atom stereocenters. The van der Waals surface area contributed by atoms with Gasteiger partial charge in [-0.15, -0.1) is 0 Å². The summed E-state index contributed by atoms with van der Waals surface area (Å²) in [6, 6.07) is 5.97. The minimum Gasteiger partial charge on any atom is -0.456 e. The molecule has 0 bridgehead atoms. The predicted octanol–water partition coefficient (Wildman–Crippen LogP) is 4.10. The van der Waals surface area contributed by atoms with E-state index in [0.717, 1.165) is 24.3 Å². The Morgan fingerprint density at radius 3 is 2.16 bits per heavy atom. The Labute approximate surface area is 107 Å². The summed E-state index contributed by atoms with van der Waals surface area (Å²) in [4.78, 5) is 11.3. The first kappa shape index (κ1) is 13.1. The molecule has 0 aliphatic carbocycles. The van der Waals surface area contributed by atoms with Gasteiger partial charge in [-0.1, -0.05) is 0 Å². The Morgan fingerprint density at radius 2 is 1.58 bits per heavy atom. The van der Waals surface area contributed by atoms with E-state index in [9.17, 15) is 18.0 Å². The number of Topliss-reactive ketones (excluding diaryl/α,β-unsaturated/α-hetero) is 1. The Kier molecular flexibility index (Phi) is 3.55. The number of carbonyl (C=O) groups excluding carboxylic acids is 1. The molecule has 0 amide bonds. The van der Waals surface area contributed by atoms with Gasteiger partial charge in [-0.3, -0.25) is 4.79 Å². The van der Waals surface area contributed by atoms with Crippen molar-refractivity contribution in [1.29, 1.82) is 0 Å². The van der Waals surface area contributed by atoms with E-state index in [4.69, 9.17) is 4.74 Å². The molecule has 0 saturated carbocycles. The van der Waals surface area contributed by atoms with Crippen LogP contribution in [0.1, 0.15) is 17.3 Å². The molecular formula is C14H9F3O2. The first-order valence-electron chi connectivity index (χ1n) is 5.40. The van der Waals surface area contributed by atoms with Crippen molar-refractivity contribution in [1.82, 2.24) is 0 Å². The standard InChI is InChI=1S/C14H9F3O2/c1-8(18)13-7-9(15)2-3-14(13)19-12-5-10(16)4-11(17)6-12/h2-7H,1H3. The molecule has 5 heteroatoms. The second-order valence-electron chi connectivity index (χ2n) is 3.90. The van der Waals surface area contributed by atoms with Crippen LogP contribution in [0.25, 0.3) is 0 Å². The zero-order valence-corrected chi connectivity index (χ0v) is 9.91. The van der Waals surface area contributed by atoms with Crippen LogP contribution in [0.3, 0.4) is 0 Å². The van der Waals surface area contributed by atoms with E-state index in [1.165, 1.54) is 13.0 Å². The minimum absolute atomic E-state index is 0.00432. The van der Waals surface area contributed by atoms with Crippen LogP contribution in [0.4, 0.5) is 13.2 Å². The number of hydrogen-bond acceptors (Lipinski definition) is 2. The highest BCUT2D eigenvalue weighted by Crippen LogP contribution is 2.27. The summed E-state index contributed by atoms with van der Waals surface area (Å²) in [5.74, 6) is -2.68. The maximum absolute atomic E-state index is 13.0. The fourth-order valence-electron chi connectivity index (χ4n) is 1.58. The molecular weight excluding hydrogens is 257 g/mol. The highest BCUT2D eigenvalue weighted by molar-refractivity contribution is 5.96. The zero-order valence-electron chi connectivity index (χ0n) is 9.91. The maximum atomic E-state index is 13.0. The van der Waals surface area contributed by atoms with Gasteiger partial charge in [0.25, 0.3) is 0 Å². The largest absolute Gasteiger partial charge is 0.456 e. The first-order valence-corrected chi connectivity index (χ1v) is 5.40. The number of halogens is 3. The molecule has 0 aliphatic heterocycles. The Morgan fingerprint density at radius 1 is 0.947 bits per heavy atom. The van der Waals surface area contributed by atoms with Crippen molar-refractivity contribution < 1.29 is 22.7 Å². The van der Waals surface area contributed by atoms with Gasteiger partial charge in [-0.05, 0) is 25.1 Å². The normalized spacial score (nSPS) is 10.3. The molecule has 0 fully saturated rings. The molecule has 0 saturated heterocycles. The molecule has 0 N–H and O–H groups in total. The number of rotatable bonds is 3. The van der Waals surface area contributed by atoms with Crippen molar-refractivity contribution in [3.05, 3.63) is 59.4 Å². The van der Waals surface area contributed by atoms with Crippen LogP contribution in [0, 0.1) is 17.5 Å². The highest BCUT2D eigenvalue weighted by Gasteiger charge is 2.12. The molecule has 0 heterocycles. The lowest BCUT2D eigenvalue weighted by molar-refractivity contribution is 0.101. The third-order valence-corrected chi connectivity index (χ3v) is 2.38. The van der Waals surface area contributed by atoms with E-state index < -0.39 is 23.2 Å². The van der Waals surface area contributed by atoms with Gasteiger partial charge in [-0.2, -0.15) is 0 Å². The molecule has 0 aliphatic rings. The molecule has 2 aromatic carbocycles. The number of benzene rings is 2. The lowest BCUT2D eigenvalue weighted by atomic mass is 10.1. The summed E-state index contributed by atoms with van der Waals surface area (Å²) in [6.45, 7) is 1.24. The molecule has 0 aromatic heterocycles. The van der Waals surface area contributed by atoms with Gasteiger partial charge in [0.1, 0.15) is 29.0 Å². The van der Waals surface area contributed by atoms with E-state index in [1.807, 2.05) is 0 Å². The third-order valence-electron chi connectivity index (χ3n) is 2.38. The van der Waals surface area contributed by atoms with Crippen molar-refractivity contribution in [2.75, 3.05) is 0 Å². The fourth-order valence-corrected chi connectivity index (χ4v) is 1.58. The molecule has 2 rings (SSSR count). The van der Waals surface area contributed by atoms with Gasteiger partial charge >= 0.3 is 0 Å². The summed E-state index contributed by atoms with van der Waals surface area (Å²) in [5.41, 5.74) is 0.00432. The van der Waals surface area contributed by atoms with Crippen LogP contribution in [-0.2, 0) is 0 Å². The van der Waals surface area contributed by atoms with Crippen LogP contribution in [0.15, 0.2) is 36.4 Å². The lowest BCUT2D eigenvalue weighted by Crippen LogP contribution is -1.98. The van der Waals surface area contributed by atoms with Gasteiger partial charge in [-0.25, -0.2) is 13.2 Å². The SMILES string of the molecule is CC(=O)c1cc(F)ccc1Oc1cc(F)cc(F)c1. The van der Waals surface area contributed by atoms with Crippen molar-refractivity contribution >= 4 is 5.78 Å². The van der Waals surface area contributed by atoms with Crippen LogP contribution in [-0.4, -0.2) is 5.78 Å². The van der Waals surface area contributed by atoms with Crippen LogP contribution in [0.2, 0.25) is 0 Å². The second-order valence-corrected chi connectivity index (χ2v) is 3.90. The summed E-state index contributed by atoms with van der Waals surface area (Å²) in [6.07, 6.45) is 0. The smallest absolute Gasteiger partial charge is 0.163 e. The van der Waals surface area contributed by atoms with Gasteiger partial charge < -0.3 is 4.74 Å². The van der Waals surface area contributed by atoms with Crippen LogP contribution >= 0.6 is 0 Å². The van der Waals surface area contributed by atoms with E-state index in [2.05, 4.69) is 0 Å². The average molecular weight is 266 g/mol. The van der Waals surface area contributed by atoms with Crippen LogP contribution in [0.5, 0.6) is 11.5 Å². The molecule has 0 radical (unpaired) electrons. The lowest BCUT2D eigenvalue weighted by Gasteiger charge is -2.09. The number of carbonyl (C=O) groups is 1. The van der Waals surface area contributed by atoms with E-state index in [-0.39, 0.29) is 17.1 Å². The second kappa shape index (κ2) is 5.14. The molecule has 98 valence electrons. The molecule has 19 heavy (non-hydrogen) atoms. The summed E-state index contributed by atoms with van der Waals surface area (Å²) < 4.78 is 44.3. The predicted molar refractivity (Wildman–Crippen MR) is 62.8 cm³/mol. The number of ketones is 1. The van der Waals surface area contributed by atoms with Crippen LogP contribution < -0.4 is 4.74 Å². The maximum Gasteiger partial charge on any atom is 0.163 e. The monoisotopic (exact) mass is 266 g/mol. The molecule has 2 nitrogen and oxygen atoms in total. The summed E-state index contributed by atoms with van der Waals surface area (Å²) in [7, 11) is 0. The van der Waals surface area contributed by atoms with Crippen molar-refractivity contribution in [3.8, 4) is 11.5 Å². The quantitative estimate of drug-likeness (QED) is 0.782. The topological polar surface area (TPSA) is 26.3 Å². The highest BCUT2D eigenvalue weighted by atomic mass is 19.1. The Balaban J connectivity index is 2.40. The Bertz CT molecular complexity index is 618. The summed E-state index contributed by atoms with van der Waals surface area (Å²) >= 11 is 0. The molecule has 0 unspecified atom stereocenters. The van der Waals surface area contributed by atoms with Gasteiger partial charge in [0, 0.05) is 18.2 Å². The van der Waals surface area contributed by atoms with Gasteiger partial charge in [0.2, 0.25) is 0 Å². The van der Waals surface area contributed by atoms with Crippen molar-refractivity contribution in [3.63, 3.8) is 0 Å². The van der Waals surface area contributed by atoms with E-state index in [0.29, 0.717) is 6.07 Å². The summed E-state index contributed by atoms with van der Waals surface area (Å²) in [5, 5.41) is 0. The number of ether oxygens (including phenoxy) is 1. The van der Waals surface area contributed by atoms with E-state index >= 15 is 0 Å². The average Bonchev–Trinajstić information content (AvgIpc) is 2.30. The van der Waals surface area contributed by atoms with Gasteiger partial charge in [0.05, 0.1) is 5.56 Å². The van der Waals surface area contributed by atoms with Gasteiger partial charge in [0.15, 0.2) is 5.78 Å². The molecule has 0 spiro atoms. The molecule has 2 aromatic rings. The first-order chi connectivity index (χ1) is 8.95. The van der Waals surface area contributed by atoms with Crippen molar-refractivity contribution in [2.45, 2.75) is 6.92 Å². The van der Waals surface area contributed by atoms with Crippen molar-refractivity contribution in [2.24, 2.45) is 0 Å². The minimum atomic E-state index is -0.804. The zero-order chi connectivity index (χ0) is 14.0. The Hall–Kier alpha value is -2.30.